The van der Waals surface area contributed by atoms with Crippen molar-refractivity contribution in [3.63, 3.8) is 0 Å². The molecule has 21 heavy (non-hydrogen) atoms. The largest absolute Gasteiger partial charge is 1.00 e. The second-order valence-corrected chi connectivity index (χ2v) is 4.55. The Balaban J connectivity index is 0.00000220. The number of nitrogens with zero attached hydrogens (tertiary/aromatic N) is 1. The van der Waals surface area contributed by atoms with Crippen molar-refractivity contribution in [2.24, 2.45) is 0 Å². The van der Waals surface area contributed by atoms with Gasteiger partial charge in [-0.2, -0.15) is 0 Å². The number of aromatic nitrogens is 1. The maximum Gasteiger partial charge on any atom is 1.00 e. The molecule has 2 rings (SSSR count). The fourth-order valence-corrected chi connectivity index (χ4v) is 1.87. The molecule has 0 aliphatic rings. The number of hydrogen-bond donors (Lipinski definition) is 0. The van der Waals surface area contributed by atoms with Gasteiger partial charge in [0.15, 0.2) is 0 Å². The molecule has 2 aromatic rings. The van der Waals surface area contributed by atoms with E-state index in [0.29, 0.717) is 24.3 Å². The van der Waals surface area contributed by atoms with Gasteiger partial charge in [-0.05, 0) is 36.2 Å². The van der Waals surface area contributed by atoms with E-state index in [2.05, 4.69) is 4.98 Å². The Labute approximate surface area is 164 Å². The Hall–Kier alpha value is -0.339. The van der Waals surface area contributed by atoms with Crippen LogP contribution in [0.25, 0.3) is 0 Å². The van der Waals surface area contributed by atoms with Crippen LogP contribution in [0, 0.1) is 6.92 Å². The molecule has 2 nitrogen and oxygen atoms in total. The van der Waals surface area contributed by atoms with Crippen LogP contribution in [0.1, 0.15) is 11.1 Å². The van der Waals surface area contributed by atoms with Crippen molar-refractivity contribution in [1.29, 1.82) is 0 Å². The zero-order chi connectivity index (χ0) is 14.6. The summed E-state index contributed by atoms with van der Waals surface area (Å²) in [5.74, 6) is 0.489. The maximum atomic E-state index is 12.6. The van der Waals surface area contributed by atoms with Crippen LogP contribution in [0.15, 0.2) is 42.7 Å². The molecule has 0 N–H and O–H groups in total. The van der Waals surface area contributed by atoms with E-state index in [-0.39, 0.29) is 51.4 Å². The normalized spacial score (nSPS) is 10.9. The summed E-state index contributed by atoms with van der Waals surface area (Å²) in [6.07, 6.45) is 4.08. The number of hydrogen-bond acceptors (Lipinski definition) is 2. The molecule has 1 aromatic carbocycles. The molecule has 0 bridgehead atoms. The maximum absolute atomic E-state index is 12.6. The molecule has 0 aliphatic heterocycles. The molecule has 106 valence electrons. The third-order valence-electron chi connectivity index (χ3n) is 2.97. The number of rotatable bonds is 5. The predicted octanol–water partition coefficient (Wildman–Crippen LogP) is 0.0699. The van der Waals surface area contributed by atoms with Crippen LogP contribution in [-0.4, -0.2) is 18.6 Å². The number of halogens is 3. The van der Waals surface area contributed by atoms with Crippen LogP contribution in [0.4, 0.5) is 12.9 Å². The van der Waals surface area contributed by atoms with E-state index in [1.165, 1.54) is 6.07 Å². The van der Waals surface area contributed by atoms with Crippen molar-refractivity contribution in [3.8, 4) is 5.75 Å². The second kappa shape index (κ2) is 8.33. The molecular weight excluding hydrogens is 305 g/mol. The van der Waals surface area contributed by atoms with Crippen molar-refractivity contribution in [1.82, 2.24) is 4.98 Å². The summed E-state index contributed by atoms with van der Waals surface area (Å²) in [6, 6.07) is 7.33. The number of benzene rings is 1. The van der Waals surface area contributed by atoms with E-state index in [9.17, 15) is 12.9 Å². The number of pyridine rings is 1. The van der Waals surface area contributed by atoms with Crippen molar-refractivity contribution in [2.45, 2.75) is 13.3 Å². The molecule has 0 amide bonds. The van der Waals surface area contributed by atoms with Gasteiger partial charge in [0, 0.05) is 18.8 Å². The monoisotopic (exact) mass is 319 g/mol. The van der Waals surface area contributed by atoms with Crippen molar-refractivity contribution in [3.05, 3.63) is 53.9 Å². The van der Waals surface area contributed by atoms with Crippen LogP contribution in [-0.2, 0) is 6.42 Å². The first kappa shape index (κ1) is 18.7. The van der Waals surface area contributed by atoms with Crippen LogP contribution >= 0.6 is 0 Å². The van der Waals surface area contributed by atoms with Gasteiger partial charge in [-0.15, -0.1) is 5.46 Å². The third kappa shape index (κ3) is 5.75. The molecule has 0 aliphatic carbocycles. The Morgan fingerprint density at radius 1 is 1.10 bits per heavy atom. The fourth-order valence-electron chi connectivity index (χ4n) is 1.87. The summed E-state index contributed by atoms with van der Waals surface area (Å²) < 4.78 is 43.3. The molecule has 1 aromatic heterocycles. The van der Waals surface area contributed by atoms with Gasteiger partial charge in [0.05, 0.1) is 6.61 Å². The summed E-state index contributed by atoms with van der Waals surface area (Å²) >= 11 is 0. The average molecular weight is 319 g/mol. The van der Waals surface area contributed by atoms with E-state index in [1.807, 2.05) is 12.1 Å². The van der Waals surface area contributed by atoms with E-state index in [4.69, 9.17) is 4.74 Å². The number of aryl methyl sites for hydroxylation is 1. The topological polar surface area (TPSA) is 22.1 Å². The van der Waals surface area contributed by atoms with E-state index in [0.717, 1.165) is 17.7 Å². The van der Waals surface area contributed by atoms with Gasteiger partial charge < -0.3 is 17.7 Å². The summed E-state index contributed by atoms with van der Waals surface area (Å²) in [5, 5.41) is 0. The molecule has 0 fully saturated rings. The van der Waals surface area contributed by atoms with E-state index < -0.39 is 12.4 Å². The molecule has 0 saturated heterocycles. The minimum absolute atomic E-state index is 0. The predicted molar refractivity (Wildman–Crippen MR) is 73.3 cm³/mol. The summed E-state index contributed by atoms with van der Waals surface area (Å²) in [5.41, 5.74) is 0.980. The quantitative estimate of drug-likeness (QED) is 0.728. The first-order valence-electron chi connectivity index (χ1n) is 6.29. The van der Waals surface area contributed by atoms with Crippen LogP contribution in [0.3, 0.4) is 0 Å². The van der Waals surface area contributed by atoms with Crippen molar-refractivity contribution in [2.75, 3.05) is 6.61 Å². The van der Waals surface area contributed by atoms with E-state index >= 15 is 0 Å². The van der Waals surface area contributed by atoms with Gasteiger partial charge in [-0.1, -0.05) is 12.1 Å². The summed E-state index contributed by atoms with van der Waals surface area (Å²) in [7, 11) is 0. The number of ether oxygens (including phenoxy) is 1. The van der Waals surface area contributed by atoms with Gasteiger partial charge in [-0.25, -0.2) is 0 Å². The van der Waals surface area contributed by atoms with Gasteiger partial charge in [-0.3, -0.25) is 4.98 Å². The fraction of sp³-hybridized carbons (Fsp3) is 0.214. The average Bonchev–Trinajstić information content (AvgIpc) is 2.40. The molecule has 0 saturated carbocycles. The molecular formula is C14H14BF3KNO. The van der Waals surface area contributed by atoms with Gasteiger partial charge in [0.2, 0.25) is 0 Å². The molecule has 1 heterocycles. The third-order valence-corrected chi connectivity index (χ3v) is 2.97. The Kier molecular flexibility index (Phi) is 7.43. The standard InChI is InChI=1S/C14H14BF3NO.K/c1-11-10-13(15(16,17)18)2-3-14(11)20-9-6-12-4-7-19-8-5-12;/h2-5,7-8,10H,6,9H2,1H3;/q-1;+1. The molecule has 0 radical (unpaired) electrons. The van der Waals surface area contributed by atoms with Gasteiger partial charge >= 0.3 is 58.4 Å². The molecule has 0 spiro atoms. The molecule has 7 heteroatoms. The second-order valence-electron chi connectivity index (χ2n) is 4.55. The van der Waals surface area contributed by atoms with Crippen LogP contribution < -0.4 is 61.6 Å². The zero-order valence-electron chi connectivity index (χ0n) is 12.0. The van der Waals surface area contributed by atoms with Gasteiger partial charge in [0.1, 0.15) is 5.75 Å². The van der Waals surface area contributed by atoms with E-state index in [1.54, 1.807) is 19.3 Å². The van der Waals surface area contributed by atoms with Crippen LogP contribution in [0.2, 0.25) is 0 Å². The molecule has 0 atom stereocenters. The minimum atomic E-state index is -4.96. The Morgan fingerprint density at radius 3 is 2.33 bits per heavy atom. The smallest absolute Gasteiger partial charge is 0.493 e. The first-order chi connectivity index (χ1) is 9.47. The Bertz CT molecular complexity index is 578. The first-order valence-corrected chi connectivity index (χ1v) is 6.29. The van der Waals surface area contributed by atoms with Crippen molar-refractivity contribution < 1.29 is 69.1 Å². The summed E-state index contributed by atoms with van der Waals surface area (Å²) in [4.78, 5) is 3.91. The summed E-state index contributed by atoms with van der Waals surface area (Å²) in [6.45, 7) is -2.92. The molecule has 0 unspecified atom stereocenters. The van der Waals surface area contributed by atoms with Crippen molar-refractivity contribution >= 4 is 12.4 Å². The Morgan fingerprint density at radius 2 is 1.76 bits per heavy atom. The minimum Gasteiger partial charge on any atom is -0.493 e. The SMILES string of the molecule is Cc1cc([B-](F)(F)F)ccc1OCCc1ccncc1.[K+]. The van der Waals surface area contributed by atoms with Gasteiger partial charge in [0.25, 0.3) is 0 Å². The zero-order valence-corrected chi connectivity index (χ0v) is 15.1. The van der Waals surface area contributed by atoms with Crippen LogP contribution in [0.5, 0.6) is 5.75 Å².